The minimum absolute atomic E-state index is 0.108. The molecule has 3 aromatic heterocycles. The molecule has 7 heteroatoms. The van der Waals surface area contributed by atoms with Crippen LogP contribution in [0.2, 0.25) is 0 Å². The Labute approximate surface area is 193 Å². The molecule has 1 fully saturated rings. The Morgan fingerprint density at radius 3 is 2.67 bits per heavy atom. The van der Waals surface area contributed by atoms with Crippen molar-refractivity contribution >= 4 is 22.9 Å². The van der Waals surface area contributed by atoms with E-state index in [1.807, 2.05) is 47.6 Å². The average molecular weight is 444 g/mol. The quantitative estimate of drug-likeness (QED) is 0.482. The lowest BCUT2D eigenvalue weighted by molar-refractivity contribution is 0.102. The summed E-state index contributed by atoms with van der Waals surface area (Å²) in [7, 11) is 0. The van der Waals surface area contributed by atoms with E-state index in [2.05, 4.69) is 58.7 Å². The number of aryl methyl sites for hydroxylation is 1. The Morgan fingerprint density at radius 1 is 1.09 bits per heavy atom. The molecule has 1 aromatic carbocycles. The lowest BCUT2D eigenvalue weighted by Gasteiger charge is -2.29. The molecule has 1 saturated heterocycles. The van der Waals surface area contributed by atoms with Gasteiger partial charge in [-0.1, -0.05) is 6.07 Å². The Morgan fingerprint density at radius 2 is 1.91 bits per heavy atom. The number of carbonyl (C=O) groups is 1. The van der Waals surface area contributed by atoms with Gasteiger partial charge in [-0.3, -0.25) is 4.79 Å². The minimum Gasteiger partial charge on any atom is -0.378 e. The van der Waals surface area contributed by atoms with Gasteiger partial charge in [0.25, 0.3) is 5.91 Å². The molecule has 1 amide bonds. The van der Waals surface area contributed by atoms with Crippen molar-refractivity contribution in [2.45, 2.75) is 26.8 Å². The number of nitrogens with zero attached hydrogens (tertiary/aromatic N) is 4. The number of amides is 1. The van der Waals surface area contributed by atoms with Crippen LogP contribution < -0.4 is 10.2 Å². The SMILES string of the molecule is Cc1ccc(NC(=O)c2ccn(C(C)C)c2)cc1-c1cc(N2CCOCC2)c2nccn2c1. The molecule has 7 nitrogen and oxygen atoms in total. The predicted molar refractivity (Wildman–Crippen MR) is 131 cm³/mol. The van der Waals surface area contributed by atoms with Crippen molar-refractivity contribution in [2.75, 3.05) is 36.5 Å². The molecular weight excluding hydrogens is 414 g/mol. The average Bonchev–Trinajstić information content (AvgIpc) is 3.50. The van der Waals surface area contributed by atoms with E-state index in [-0.39, 0.29) is 5.91 Å². The van der Waals surface area contributed by atoms with Crippen molar-refractivity contribution < 1.29 is 9.53 Å². The van der Waals surface area contributed by atoms with Crippen LogP contribution in [-0.4, -0.2) is 46.2 Å². The molecule has 0 atom stereocenters. The van der Waals surface area contributed by atoms with E-state index in [0.717, 1.165) is 60.0 Å². The number of imidazole rings is 1. The minimum atomic E-state index is -0.108. The lowest BCUT2D eigenvalue weighted by atomic mass is 10.0. The molecule has 0 bridgehead atoms. The third-order valence-corrected chi connectivity index (χ3v) is 6.20. The van der Waals surface area contributed by atoms with Gasteiger partial charge < -0.3 is 23.9 Å². The van der Waals surface area contributed by atoms with Gasteiger partial charge in [0, 0.05) is 61.4 Å². The maximum absolute atomic E-state index is 12.8. The first-order valence-electron chi connectivity index (χ1n) is 11.4. The summed E-state index contributed by atoms with van der Waals surface area (Å²) < 4.78 is 9.64. The molecule has 0 unspecified atom stereocenters. The highest BCUT2D eigenvalue weighted by Crippen LogP contribution is 2.32. The standard InChI is InChI=1S/C26H29N5O2/c1-18(2)30-8-6-20(16-30)26(32)28-22-5-4-19(3)23(15-22)21-14-24(29-10-12-33-13-11-29)25-27-7-9-31(25)17-21/h4-9,14-18H,10-13H2,1-3H3,(H,28,32). The molecule has 0 aliphatic carbocycles. The fourth-order valence-corrected chi connectivity index (χ4v) is 4.28. The highest BCUT2D eigenvalue weighted by molar-refractivity contribution is 6.04. The van der Waals surface area contributed by atoms with E-state index < -0.39 is 0 Å². The zero-order valence-electron chi connectivity index (χ0n) is 19.3. The molecule has 5 rings (SSSR count). The summed E-state index contributed by atoms with van der Waals surface area (Å²) in [5, 5.41) is 3.06. The molecule has 170 valence electrons. The summed E-state index contributed by atoms with van der Waals surface area (Å²) in [6.07, 6.45) is 9.73. The molecule has 0 radical (unpaired) electrons. The van der Waals surface area contributed by atoms with Gasteiger partial charge in [-0.15, -0.1) is 0 Å². The van der Waals surface area contributed by atoms with Crippen LogP contribution >= 0.6 is 0 Å². The largest absolute Gasteiger partial charge is 0.378 e. The number of pyridine rings is 1. The van der Waals surface area contributed by atoms with Gasteiger partial charge in [0.15, 0.2) is 5.65 Å². The molecule has 1 N–H and O–H groups in total. The van der Waals surface area contributed by atoms with Gasteiger partial charge in [-0.05, 0) is 56.2 Å². The number of benzene rings is 1. The Balaban J connectivity index is 1.48. The highest BCUT2D eigenvalue weighted by Gasteiger charge is 2.18. The van der Waals surface area contributed by atoms with E-state index in [9.17, 15) is 4.79 Å². The maximum Gasteiger partial charge on any atom is 0.257 e. The first-order chi connectivity index (χ1) is 16.0. The van der Waals surface area contributed by atoms with E-state index in [4.69, 9.17) is 4.74 Å². The summed E-state index contributed by atoms with van der Waals surface area (Å²) in [4.78, 5) is 19.7. The number of rotatable bonds is 5. The molecule has 0 spiro atoms. The molecule has 1 aliphatic heterocycles. The second-order valence-electron chi connectivity index (χ2n) is 8.80. The van der Waals surface area contributed by atoms with Gasteiger partial charge in [0.05, 0.1) is 24.5 Å². The van der Waals surface area contributed by atoms with Crippen LogP contribution in [-0.2, 0) is 4.74 Å². The molecule has 1 aliphatic rings. The summed E-state index contributed by atoms with van der Waals surface area (Å²) in [6.45, 7) is 9.41. The van der Waals surface area contributed by atoms with Gasteiger partial charge >= 0.3 is 0 Å². The number of hydrogen-bond acceptors (Lipinski definition) is 4. The first-order valence-corrected chi connectivity index (χ1v) is 11.4. The number of nitrogens with one attached hydrogen (secondary N) is 1. The predicted octanol–water partition coefficient (Wildman–Crippen LogP) is 4.78. The van der Waals surface area contributed by atoms with Crippen LogP contribution in [0.15, 0.2) is 61.3 Å². The van der Waals surface area contributed by atoms with Crippen molar-refractivity contribution in [1.29, 1.82) is 0 Å². The Kier molecular flexibility index (Phi) is 5.64. The van der Waals surface area contributed by atoms with Crippen LogP contribution in [0, 0.1) is 6.92 Å². The molecule has 4 aromatic rings. The molecule has 4 heterocycles. The zero-order chi connectivity index (χ0) is 22.9. The molecular formula is C26H29N5O2. The van der Waals surface area contributed by atoms with Gasteiger partial charge in [-0.2, -0.15) is 0 Å². The van der Waals surface area contributed by atoms with Crippen LogP contribution in [0.5, 0.6) is 0 Å². The molecule has 0 saturated carbocycles. The summed E-state index contributed by atoms with van der Waals surface area (Å²) in [5.41, 5.74) is 6.78. The Hall–Kier alpha value is -3.58. The fraction of sp³-hybridized carbons (Fsp3) is 0.308. The van der Waals surface area contributed by atoms with Crippen molar-refractivity contribution in [3.05, 3.63) is 72.4 Å². The number of morpholine rings is 1. The number of carbonyl (C=O) groups excluding carboxylic acids is 1. The highest BCUT2D eigenvalue weighted by atomic mass is 16.5. The summed E-state index contributed by atoms with van der Waals surface area (Å²) in [6, 6.07) is 10.4. The van der Waals surface area contributed by atoms with Crippen molar-refractivity contribution in [3.63, 3.8) is 0 Å². The summed E-state index contributed by atoms with van der Waals surface area (Å²) in [5.74, 6) is -0.108. The second-order valence-corrected chi connectivity index (χ2v) is 8.80. The van der Waals surface area contributed by atoms with E-state index >= 15 is 0 Å². The van der Waals surface area contributed by atoms with E-state index in [1.165, 1.54) is 0 Å². The van der Waals surface area contributed by atoms with Gasteiger partial charge in [-0.25, -0.2) is 4.98 Å². The van der Waals surface area contributed by atoms with Crippen LogP contribution in [0.4, 0.5) is 11.4 Å². The van der Waals surface area contributed by atoms with Crippen molar-refractivity contribution in [2.24, 2.45) is 0 Å². The number of aromatic nitrogens is 3. The second kappa shape index (κ2) is 8.75. The van der Waals surface area contributed by atoms with Crippen molar-refractivity contribution in [1.82, 2.24) is 14.0 Å². The van der Waals surface area contributed by atoms with E-state index in [0.29, 0.717) is 11.6 Å². The van der Waals surface area contributed by atoms with Gasteiger partial charge in [0.1, 0.15) is 0 Å². The summed E-state index contributed by atoms with van der Waals surface area (Å²) >= 11 is 0. The van der Waals surface area contributed by atoms with Gasteiger partial charge in [0.2, 0.25) is 0 Å². The number of anilines is 2. The number of hydrogen-bond donors (Lipinski definition) is 1. The first kappa shape index (κ1) is 21.3. The smallest absolute Gasteiger partial charge is 0.257 e. The monoisotopic (exact) mass is 443 g/mol. The molecule has 33 heavy (non-hydrogen) atoms. The van der Waals surface area contributed by atoms with Crippen molar-refractivity contribution in [3.8, 4) is 11.1 Å². The normalized spacial score (nSPS) is 14.2. The van der Waals surface area contributed by atoms with Crippen LogP contribution in [0.25, 0.3) is 16.8 Å². The number of fused-ring (bicyclic) bond motifs is 1. The maximum atomic E-state index is 12.8. The zero-order valence-corrected chi connectivity index (χ0v) is 19.3. The third-order valence-electron chi connectivity index (χ3n) is 6.20. The Bertz CT molecular complexity index is 1300. The fourth-order valence-electron chi connectivity index (χ4n) is 4.28. The van der Waals surface area contributed by atoms with Crippen LogP contribution in [0.3, 0.4) is 0 Å². The number of ether oxygens (including phenoxy) is 1. The lowest BCUT2D eigenvalue weighted by Crippen LogP contribution is -2.36. The van der Waals surface area contributed by atoms with Crippen LogP contribution in [0.1, 0.15) is 35.8 Å². The van der Waals surface area contributed by atoms with E-state index in [1.54, 1.807) is 0 Å². The third kappa shape index (κ3) is 4.24. The topological polar surface area (TPSA) is 63.8 Å².